The molecule has 0 spiro atoms. The predicted molar refractivity (Wildman–Crippen MR) is 44.3 cm³/mol. The molecule has 0 aliphatic carbocycles. The molecule has 0 aromatic carbocycles. The largest absolute Gasteiger partial charge is 0.365 e. The van der Waals surface area contributed by atoms with Crippen LogP contribution in [0.5, 0.6) is 0 Å². The number of rotatable bonds is 0. The van der Waals surface area contributed by atoms with Gasteiger partial charge in [-0.15, -0.1) is 0 Å². The molecule has 3 nitrogen and oxygen atoms in total. The Bertz CT molecular complexity index is 342. The summed E-state index contributed by atoms with van der Waals surface area (Å²) in [6.45, 7) is 1.87. The molecule has 0 radical (unpaired) electrons. The minimum absolute atomic E-state index is 0.145. The molecule has 0 aromatic rings. The monoisotopic (exact) mass is 157 g/mol. The number of nitrogens with zero attached hydrogens (tertiary/aromatic N) is 2. The number of hydrogen-bond donors (Lipinski definition) is 1. The fourth-order valence-corrected chi connectivity index (χ4v) is 0.896. The molecule has 0 fully saturated rings. The van der Waals surface area contributed by atoms with Gasteiger partial charge in [-0.1, -0.05) is 0 Å². The van der Waals surface area contributed by atoms with Crippen molar-refractivity contribution < 1.29 is 0 Å². The van der Waals surface area contributed by atoms with Crippen LogP contribution in [0.3, 0.4) is 0 Å². The van der Waals surface area contributed by atoms with Crippen LogP contribution in [0.15, 0.2) is 35.2 Å². The highest BCUT2D eigenvalue weighted by atomic mass is 14.8. The van der Waals surface area contributed by atoms with Crippen LogP contribution >= 0.6 is 0 Å². The molecule has 0 aromatic heterocycles. The Hall–Kier alpha value is -2.00. The van der Waals surface area contributed by atoms with Crippen LogP contribution in [0.4, 0.5) is 0 Å². The lowest BCUT2D eigenvalue weighted by atomic mass is 10.1. The summed E-state index contributed by atoms with van der Waals surface area (Å²) in [7, 11) is 0. The highest BCUT2D eigenvalue weighted by Gasteiger charge is 2.03. The maximum absolute atomic E-state index is 8.55. The molecule has 58 valence electrons. The molecule has 12 heavy (non-hydrogen) atoms. The number of hydrogen-bond acceptors (Lipinski definition) is 3. The Morgan fingerprint density at radius 3 is 2.58 bits per heavy atom. The van der Waals surface area contributed by atoms with Gasteiger partial charge in [0.2, 0.25) is 0 Å². The highest BCUT2D eigenvalue weighted by molar-refractivity contribution is 5.51. The summed E-state index contributed by atoms with van der Waals surface area (Å²) >= 11 is 0. The van der Waals surface area contributed by atoms with Crippen molar-refractivity contribution in [1.82, 2.24) is 5.32 Å². The van der Waals surface area contributed by atoms with Crippen molar-refractivity contribution in [2.75, 3.05) is 0 Å². The van der Waals surface area contributed by atoms with E-state index in [1.807, 2.05) is 19.1 Å². The van der Waals surface area contributed by atoms with E-state index < -0.39 is 0 Å². The van der Waals surface area contributed by atoms with Crippen LogP contribution in [-0.2, 0) is 0 Å². The number of dihydropyridines is 1. The van der Waals surface area contributed by atoms with Gasteiger partial charge in [0.15, 0.2) is 0 Å². The Morgan fingerprint density at radius 1 is 1.42 bits per heavy atom. The molecule has 0 amide bonds. The van der Waals surface area contributed by atoms with Crippen molar-refractivity contribution in [3.63, 3.8) is 0 Å². The van der Waals surface area contributed by atoms with Gasteiger partial charge in [-0.05, 0) is 19.1 Å². The fraction of sp³-hybridized carbons (Fsp3) is 0.111. The van der Waals surface area contributed by atoms with E-state index in [1.54, 1.807) is 18.4 Å². The molecule has 1 N–H and O–H groups in total. The van der Waals surface area contributed by atoms with Gasteiger partial charge in [-0.3, -0.25) is 0 Å². The third kappa shape index (κ3) is 1.53. The summed E-state index contributed by atoms with van der Waals surface area (Å²) in [5.41, 5.74) is 1.74. The van der Waals surface area contributed by atoms with Gasteiger partial charge in [0, 0.05) is 17.5 Å². The molecule has 0 atom stereocenters. The van der Waals surface area contributed by atoms with Crippen molar-refractivity contribution in [3.8, 4) is 12.1 Å². The molecular weight excluding hydrogens is 150 g/mol. The summed E-state index contributed by atoms with van der Waals surface area (Å²) in [5, 5.41) is 20.0. The van der Waals surface area contributed by atoms with Gasteiger partial charge in [-0.25, -0.2) is 0 Å². The van der Waals surface area contributed by atoms with E-state index in [0.29, 0.717) is 5.57 Å². The average Bonchev–Trinajstić information content (AvgIpc) is 2.07. The zero-order valence-electron chi connectivity index (χ0n) is 6.63. The first-order valence-corrected chi connectivity index (χ1v) is 3.44. The van der Waals surface area contributed by atoms with E-state index in [4.69, 9.17) is 10.5 Å². The fourth-order valence-electron chi connectivity index (χ4n) is 0.896. The molecule has 0 bridgehead atoms. The lowest BCUT2D eigenvalue weighted by Crippen LogP contribution is -2.05. The average molecular weight is 157 g/mol. The molecule has 0 saturated carbocycles. The number of nitriles is 2. The van der Waals surface area contributed by atoms with Gasteiger partial charge >= 0.3 is 0 Å². The molecule has 1 rings (SSSR count). The van der Waals surface area contributed by atoms with Crippen molar-refractivity contribution in [2.45, 2.75) is 6.92 Å². The van der Waals surface area contributed by atoms with E-state index in [0.717, 1.165) is 5.70 Å². The lowest BCUT2D eigenvalue weighted by Gasteiger charge is -2.06. The quantitative estimate of drug-likeness (QED) is 0.540. The van der Waals surface area contributed by atoms with E-state index in [1.165, 1.54) is 0 Å². The Labute approximate surface area is 70.9 Å². The molecular formula is C9H7N3. The van der Waals surface area contributed by atoms with Gasteiger partial charge in [0.1, 0.15) is 17.7 Å². The summed E-state index contributed by atoms with van der Waals surface area (Å²) in [6, 6.07) is 3.67. The van der Waals surface area contributed by atoms with Crippen LogP contribution in [0.25, 0.3) is 0 Å². The number of nitrogens with one attached hydrogen (secondary N) is 1. The Balaban J connectivity index is 3.13. The standard InChI is InChI=1S/C9H7N3/c1-7-4-8(2-3-12-7)9(5-10)6-11/h2-4,12H,1H3. The number of allylic oxidation sites excluding steroid dienone is 5. The molecule has 0 saturated heterocycles. The van der Waals surface area contributed by atoms with Crippen molar-refractivity contribution in [3.05, 3.63) is 35.2 Å². The molecule has 1 aliphatic heterocycles. The van der Waals surface area contributed by atoms with Gasteiger partial charge in [0.05, 0.1) is 0 Å². The third-order valence-electron chi connectivity index (χ3n) is 1.46. The van der Waals surface area contributed by atoms with Crippen molar-refractivity contribution in [2.24, 2.45) is 0 Å². The normalized spacial score (nSPS) is 13.9. The van der Waals surface area contributed by atoms with Crippen molar-refractivity contribution in [1.29, 1.82) is 10.5 Å². The third-order valence-corrected chi connectivity index (χ3v) is 1.46. The minimum Gasteiger partial charge on any atom is -0.365 e. The minimum atomic E-state index is 0.145. The van der Waals surface area contributed by atoms with E-state index >= 15 is 0 Å². The second-order valence-corrected chi connectivity index (χ2v) is 2.36. The smallest absolute Gasteiger partial charge is 0.136 e. The van der Waals surface area contributed by atoms with E-state index in [-0.39, 0.29) is 5.57 Å². The zero-order chi connectivity index (χ0) is 8.97. The predicted octanol–water partition coefficient (Wildman–Crippen LogP) is 1.35. The van der Waals surface area contributed by atoms with Crippen LogP contribution in [0.1, 0.15) is 6.92 Å². The molecule has 3 heteroatoms. The SMILES string of the molecule is CC1=CC(=C(C#N)C#N)C=CN1. The highest BCUT2D eigenvalue weighted by Crippen LogP contribution is 2.11. The second-order valence-electron chi connectivity index (χ2n) is 2.36. The summed E-state index contributed by atoms with van der Waals surface area (Å²) in [6.07, 6.45) is 5.18. The van der Waals surface area contributed by atoms with E-state index in [2.05, 4.69) is 5.32 Å². The van der Waals surface area contributed by atoms with Crippen LogP contribution in [-0.4, -0.2) is 0 Å². The second kappa shape index (κ2) is 3.41. The zero-order valence-corrected chi connectivity index (χ0v) is 6.63. The van der Waals surface area contributed by atoms with Crippen molar-refractivity contribution >= 4 is 0 Å². The molecule has 1 aliphatic rings. The molecule has 0 unspecified atom stereocenters. The topological polar surface area (TPSA) is 59.6 Å². The summed E-state index contributed by atoms with van der Waals surface area (Å²) in [5.74, 6) is 0. The first-order valence-electron chi connectivity index (χ1n) is 3.44. The lowest BCUT2D eigenvalue weighted by molar-refractivity contribution is 1.04. The van der Waals surface area contributed by atoms with E-state index in [9.17, 15) is 0 Å². The first-order chi connectivity index (χ1) is 5.77. The Morgan fingerprint density at radius 2 is 2.08 bits per heavy atom. The van der Waals surface area contributed by atoms with Gasteiger partial charge in [-0.2, -0.15) is 10.5 Å². The van der Waals surface area contributed by atoms with Crippen LogP contribution < -0.4 is 5.32 Å². The van der Waals surface area contributed by atoms with Crippen LogP contribution in [0.2, 0.25) is 0 Å². The molecule has 1 heterocycles. The van der Waals surface area contributed by atoms with Gasteiger partial charge in [0.25, 0.3) is 0 Å². The Kier molecular flexibility index (Phi) is 2.30. The van der Waals surface area contributed by atoms with Gasteiger partial charge < -0.3 is 5.32 Å². The maximum Gasteiger partial charge on any atom is 0.136 e. The maximum atomic E-state index is 8.55. The van der Waals surface area contributed by atoms with Crippen LogP contribution in [0, 0.1) is 22.7 Å². The first kappa shape index (κ1) is 8.10. The summed E-state index contributed by atoms with van der Waals surface area (Å²) < 4.78 is 0. The summed E-state index contributed by atoms with van der Waals surface area (Å²) in [4.78, 5) is 0.